The topological polar surface area (TPSA) is 18.5 Å². The Balaban J connectivity index is 1.52. The van der Waals surface area contributed by atoms with Gasteiger partial charge in [0.1, 0.15) is 0 Å². The molecule has 0 saturated carbocycles. The normalized spacial score (nSPS) is 18.6. The van der Waals surface area contributed by atoms with Crippen LogP contribution in [0, 0.1) is 10.7 Å². The van der Waals surface area contributed by atoms with Crippen LogP contribution in [0.1, 0.15) is 32.1 Å². The SMILES string of the molecule is C(#C[Se]c1ccccc1)CCCOC1CCCCO1. The summed E-state index contributed by atoms with van der Waals surface area (Å²) in [5.74, 6) is 3.23. The van der Waals surface area contributed by atoms with Gasteiger partial charge in [0.25, 0.3) is 0 Å². The van der Waals surface area contributed by atoms with Crippen molar-refractivity contribution in [2.24, 2.45) is 0 Å². The molecule has 102 valence electrons. The van der Waals surface area contributed by atoms with Crippen molar-refractivity contribution in [3.8, 4) is 10.7 Å². The molecule has 1 saturated heterocycles. The first kappa shape index (κ1) is 14.6. The van der Waals surface area contributed by atoms with Crippen LogP contribution in [0.4, 0.5) is 0 Å². The third-order valence-corrected chi connectivity index (χ3v) is 4.45. The van der Waals surface area contributed by atoms with Gasteiger partial charge < -0.3 is 0 Å². The monoisotopic (exact) mass is 324 g/mol. The van der Waals surface area contributed by atoms with E-state index in [1.807, 2.05) is 6.07 Å². The molecule has 19 heavy (non-hydrogen) atoms. The van der Waals surface area contributed by atoms with Crippen LogP contribution in [-0.4, -0.2) is 34.5 Å². The Morgan fingerprint density at radius 3 is 2.95 bits per heavy atom. The number of hydrogen-bond acceptors (Lipinski definition) is 2. The summed E-state index contributed by atoms with van der Waals surface area (Å²) < 4.78 is 12.5. The molecule has 0 amide bonds. The molecular formula is C16H20O2Se. The van der Waals surface area contributed by atoms with Crippen molar-refractivity contribution >= 4 is 19.4 Å². The molecule has 2 nitrogen and oxygen atoms in total. The molecule has 0 aliphatic carbocycles. The predicted molar refractivity (Wildman–Crippen MR) is 78.4 cm³/mol. The standard InChI is InChI=1S/C16H20O2Se/c1-3-9-15(10-4-1)19-14-8-2-6-12-17-16-11-5-7-13-18-16/h1,3-4,9-10,16H,2,5-7,11-13H2. The second kappa shape index (κ2) is 9.18. The summed E-state index contributed by atoms with van der Waals surface area (Å²) in [6.45, 7) is 1.61. The molecule has 1 heterocycles. The van der Waals surface area contributed by atoms with E-state index in [4.69, 9.17) is 9.47 Å². The molecule has 0 N–H and O–H groups in total. The molecule has 1 aromatic carbocycles. The summed E-state index contributed by atoms with van der Waals surface area (Å²) >= 11 is 0.286. The van der Waals surface area contributed by atoms with Crippen LogP contribution >= 0.6 is 0 Å². The van der Waals surface area contributed by atoms with E-state index < -0.39 is 0 Å². The van der Waals surface area contributed by atoms with Crippen molar-refractivity contribution in [3.63, 3.8) is 0 Å². The fourth-order valence-corrected chi connectivity index (χ4v) is 3.08. The zero-order valence-corrected chi connectivity index (χ0v) is 12.9. The number of unbranched alkanes of at least 4 members (excludes halogenated alkanes) is 1. The summed E-state index contributed by atoms with van der Waals surface area (Å²) in [7, 11) is 0. The van der Waals surface area contributed by atoms with E-state index >= 15 is 0 Å². The fraction of sp³-hybridized carbons (Fsp3) is 0.500. The van der Waals surface area contributed by atoms with Crippen molar-refractivity contribution < 1.29 is 9.47 Å². The third kappa shape index (κ3) is 6.27. The summed E-state index contributed by atoms with van der Waals surface area (Å²) in [6, 6.07) is 10.4. The van der Waals surface area contributed by atoms with Crippen LogP contribution < -0.4 is 4.46 Å². The van der Waals surface area contributed by atoms with Gasteiger partial charge in [0.05, 0.1) is 0 Å². The van der Waals surface area contributed by atoms with E-state index in [2.05, 4.69) is 35.0 Å². The predicted octanol–water partition coefficient (Wildman–Crippen LogP) is 2.30. The maximum absolute atomic E-state index is 5.66. The Labute approximate surface area is 122 Å². The molecule has 2 rings (SSSR count). The van der Waals surface area contributed by atoms with Crippen molar-refractivity contribution in [2.45, 2.75) is 38.4 Å². The van der Waals surface area contributed by atoms with E-state index in [9.17, 15) is 0 Å². The molecule has 1 unspecified atom stereocenters. The average Bonchev–Trinajstić information content (AvgIpc) is 2.48. The van der Waals surface area contributed by atoms with Gasteiger partial charge in [-0.1, -0.05) is 0 Å². The van der Waals surface area contributed by atoms with Crippen LogP contribution in [0.2, 0.25) is 0 Å². The molecule has 1 fully saturated rings. The first-order chi connectivity index (χ1) is 9.45. The minimum absolute atomic E-state index is 0.0373. The molecule has 0 spiro atoms. The van der Waals surface area contributed by atoms with E-state index in [0.717, 1.165) is 32.5 Å². The van der Waals surface area contributed by atoms with Crippen molar-refractivity contribution in [1.82, 2.24) is 0 Å². The Morgan fingerprint density at radius 2 is 2.16 bits per heavy atom. The number of benzene rings is 1. The van der Waals surface area contributed by atoms with E-state index in [-0.39, 0.29) is 21.2 Å². The summed E-state index contributed by atoms with van der Waals surface area (Å²) in [6.07, 6.45) is 5.40. The molecular weight excluding hydrogens is 303 g/mol. The molecule has 1 aliphatic heterocycles. The molecule has 1 atom stereocenters. The van der Waals surface area contributed by atoms with Gasteiger partial charge in [-0.05, 0) is 0 Å². The van der Waals surface area contributed by atoms with Gasteiger partial charge in [-0.25, -0.2) is 0 Å². The Bertz CT molecular complexity index is 402. The maximum atomic E-state index is 5.66. The van der Waals surface area contributed by atoms with Crippen LogP contribution in [0.25, 0.3) is 0 Å². The Hall–Kier alpha value is -0.781. The van der Waals surface area contributed by atoms with Gasteiger partial charge in [-0.2, -0.15) is 0 Å². The summed E-state index contributed by atoms with van der Waals surface area (Å²) in [5.41, 5.74) is 0. The Kier molecular flexibility index (Phi) is 7.06. The van der Waals surface area contributed by atoms with Crippen molar-refractivity contribution in [1.29, 1.82) is 0 Å². The number of rotatable bonds is 5. The molecule has 0 radical (unpaired) electrons. The fourth-order valence-electron chi connectivity index (χ4n) is 1.85. The summed E-state index contributed by atoms with van der Waals surface area (Å²) in [4.78, 5) is 3.27. The van der Waals surface area contributed by atoms with Gasteiger partial charge >= 0.3 is 122 Å². The third-order valence-electron chi connectivity index (χ3n) is 2.87. The van der Waals surface area contributed by atoms with Gasteiger partial charge in [0.15, 0.2) is 0 Å². The molecule has 0 aromatic heterocycles. The van der Waals surface area contributed by atoms with Gasteiger partial charge in [0.2, 0.25) is 0 Å². The van der Waals surface area contributed by atoms with Gasteiger partial charge in [0, 0.05) is 0 Å². The number of hydrogen-bond donors (Lipinski definition) is 0. The first-order valence-electron chi connectivity index (χ1n) is 6.88. The average molecular weight is 323 g/mol. The van der Waals surface area contributed by atoms with Crippen LogP contribution in [0.15, 0.2) is 30.3 Å². The van der Waals surface area contributed by atoms with Crippen molar-refractivity contribution in [3.05, 3.63) is 30.3 Å². The summed E-state index contributed by atoms with van der Waals surface area (Å²) in [5, 5.41) is 0. The zero-order valence-electron chi connectivity index (χ0n) is 11.1. The van der Waals surface area contributed by atoms with E-state index in [1.54, 1.807) is 0 Å². The van der Waals surface area contributed by atoms with E-state index in [0.29, 0.717) is 0 Å². The van der Waals surface area contributed by atoms with Gasteiger partial charge in [-0.15, -0.1) is 0 Å². The minimum atomic E-state index is 0.0373. The van der Waals surface area contributed by atoms with Crippen LogP contribution in [0.5, 0.6) is 0 Å². The molecule has 1 aliphatic rings. The van der Waals surface area contributed by atoms with Gasteiger partial charge in [-0.3, -0.25) is 0 Å². The quantitative estimate of drug-likeness (QED) is 0.470. The first-order valence-corrected chi connectivity index (χ1v) is 8.59. The second-order valence-electron chi connectivity index (χ2n) is 4.46. The molecule has 1 aromatic rings. The molecule has 0 bridgehead atoms. The second-order valence-corrected chi connectivity index (χ2v) is 6.31. The Morgan fingerprint density at radius 1 is 1.26 bits per heavy atom. The van der Waals surface area contributed by atoms with Crippen LogP contribution in [0.3, 0.4) is 0 Å². The van der Waals surface area contributed by atoms with Crippen LogP contribution in [-0.2, 0) is 9.47 Å². The van der Waals surface area contributed by atoms with E-state index in [1.165, 1.54) is 17.3 Å². The number of ether oxygens (including phenoxy) is 2. The molecule has 3 heteroatoms. The van der Waals surface area contributed by atoms with Crippen molar-refractivity contribution in [2.75, 3.05) is 13.2 Å². The zero-order chi connectivity index (χ0) is 13.2.